The van der Waals surface area contributed by atoms with Gasteiger partial charge in [0.15, 0.2) is 0 Å². The number of pyridine rings is 1. The van der Waals surface area contributed by atoms with Crippen molar-refractivity contribution in [3.05, 3.63) is 24.0 Å². The van der Waals surface area contributed by atoms with Crippen LogP contribution in [-0.4, -0.2) is 30.5 Å². The first-order valence-electron chi connectivity index (χ1n) is 5.97. The van der Waals surface area contributed by atoms with Gasteiger partial charge >= 0.3 is 0 Å². The lowest BCUT2D eigenvalue weighted by atomic mass is 10.1. The molecule has 5 heteroatoms. The van der Waals surface area contributed by atoms with Gasteiger partial charge in [0, 0.05) is 31.0 Å². The fourth-order valence-corrected chi connectivity index (χ4v) is 1.47. The summed E-state index contributed by atoms with van der Waals surface area (Å²) in [5.41, 5.74) is 1.62. The van der Waals surface area contributed by atoms with Crippen LogP contribution < -0.4 is 10.2 Å². The molecule has 1 rings (SSSR count). The molecule has 0 atom stereocenters. The number of hydrogen-bond donors (Lipinski definition) is 1. The zero-order valence-electron chi connectivity index (χ0n) is 11.4. The highest BCUT2D eigenvalue weighted by atomic mass is 19.3. The van der Waals surface area contributed by atoms with E-state index in [1.54, 1.807) is 19.3 Å². The fourth-order valence-electron chi connectivity index (χ4n) is 1.47. The van der Waals surface area contributed by atoms with Crippen molar-refractivity contribution in [2.45, 2.75) is 39.3 Å². The molecular weight excluding hydrogens is 236 g/mol. The Morgan fingerprint density at radius 1 is 1.39 bits per heavy atom. The average molecular weight is 257 g/mol. The van der Waals surface area contributed by atoms with Gasteiger partial charge in [-0.15, -0.1) is 0 Å². The van der Waals surface area contributed by atoms with E-state index in [1.807, 2.05) is 6.07 Å². The van der Waals surface area contributed by atoms with Crippen LogP contribution in [0.2, 0.25) is 0 Å². The molecule has 0 saturated carbocycles. The van der Waals surface area contributed by atoms with E-state index in [0.29, 0.717) is 6.54 Å². The minimum absolute atomic E-state index is 0.00651. The second kappa shape index (κ2) is 6.09. The number of nitrogens with one attached hydrogen (secondary N) is 1. The van der Waals surface area contributed by atoms with Crippen LogP contribution in [0.5, 0.6) is 0 Å². The summed E-state index contributed by atoms with van der Waals surface area (Å²) in [4.78, 5) is 5.76. The maximum atomic E-state index is 12.3. The van der Waals surface area contributed by atoms with Crippen LogP contribution in [0.4, 0.5) is 14.5 Å². The molecule has 0 aromatic carbocycles. The molecule has 0 aliphatic rings. The van der Waals surface area contributed by atoms with Gasteiger partial charge in [0.1, 0.15) is 0 Å². The molecule has 1 aromatic heterocycles. The normalized spacial score (nSPS) is 11.9. The summed E-state index contributed by atoms with van der Waals surface area (Å²) in [6, 6.07) is 3.57. The van der Waals surface area contributed by atoms with E-state index < -0.39 is 6.43 Å². The predicted molar refractivity (Wildman–Crippen MR) is 70.1 cm³/mol. The molecule has 1 N–H and O–H groups in total. The highest BCUT2D eigenvalue weighted by molar-refractivity contribution is 5.45. The van der Waals surface area contributed by atoms with Gasteiger partial charge in [0.2, 0.25) is 0 Å². The van der Waals surface area contributed by atoms with E-state index in [2.05, 4.69) is 31.1 Å². The zero-order chi connectivity index (χ0) is 13.8. The molecule has 0 saturated heterocycles. The summed E-state index contributed by atoms with van der Waals surface area (Å²) in [5, 5.41) is 3.32. The van der Waals surface area contributed by atoms with Crippen LogP contribution in [0, 0.1) is 0 Å². The number of rotatable bonds is 5. The largest absolute Gasteiger partial charge is 0.369 e. The van der Waals surface area contributed by atoms with Crippen LogP contribution in [-0.2, 0) is 6.54 Å². The Hall–Kier alpha value is -1.23. The van der Waals surface area contributed by atoms with Crippen molar-refractivity contribution >= 4 is 5.69 Å². The third-order valence-electron chi connectivity index (χ3n) is 2.45. The maximum Gasteiger partial charge on any atom is 0.255 e. The molecule has 0 unspecified atom stereocenters. The number of alkyl halides is 2. The Labute approximate surface area is 107 Å². The first-order chi connectivity index (χ1) is 8.28. The molecule has 0 bridgehead atoms. The highest BCUT2D eigenvalue weighted by Gasteiger charge is 2.11. The molecule has 1 aromatic rings. The zero-order valence-corrected chi connectivity index (χ0v) is 11.4. The number of anilines is 1. The minimum atomic E-state index is -2.33. The number of hydrogen-bond acceptors (Lipinski definition) is 3. The van der Waals surface area contributed by atoms with Crippen molar-refractivity contribution in [2.24, 2.45) is 0 Å². The van der Waals surface area contributed by atoms with Gasteiger partial charge in [0.05, 0.1) is 12.2 Å². The second-order valence-electron chi connectivity index (χ2n) is 5.38. The summed E-state index contributed by atoms with van der Waals surface area (Å²) in [6.45, 7) is 6.56. The maximum absolute atomic E-state index is 12.3. The van der Waals surface area contributed by atoms with Crippen LogP contribution in [0.1, 0.15) is 26.5 Å². The average Bonchev–Trinajstić information content (AvgIpc) is 2.25. The van der Waals surface area contributed by atoms with Gasteiger partial charge in [-0.2, -0.15) is 0 Å². The highest BCUT2D eigenvalue weighted by Crippen LogP contribution is 2.14. The molecule has 0 spiro atoms. The van der Waals surface area contributed by atoms with Crippen LogP contribution >= 0.6 is 0 Å². The van der Waals surface area contributed by atoms with Gasteiger partial charge in [-0.25, -0.2) is 8.78 Å². The first-order valence-corrected chi connectivity index (χ1v) is 5.97. The Kier molecular flexibility index (Phi) is 5.02. The Balaban J connectivity index is 2.67. The summed E-state index contributed by atoms with van der Waals surface area (Å²) in [7, 11) is 1.66. The number of halogens is 2. The van der Waals surface area contributed by atoms with Crippen molar-refractivity contribution in [3.63, 3.8) is 0 Å². The topological polar surface area (TPSA) is 28.2 Å². The minimum Gasteiger partial charge on any atom is -0.369 e. The second-order valence-corrected chi connectivity index (χ2v) is 5.38. The molecule has 0 aliphatic carbocycles. The van der Waals surface area contributed by atoms with Crippen molar-refractivity contribution in [1.29, 1.82) is 0 Å². The SMILES string of the molecule is CN(CC(F)F)c1ccnc(CNC(C)(C)C)c1. The first kappa shape index (κ1) is 14.8. The monoisotopic (exact) mass is 257 g/mol. The van der Waals surface area contributed by atoms with Crippen LogP contribution in [0.3, 0.4) is 0 Å². The summed E-state index contributed by atoms with van der Waals surface area (Å²) in [6.07, 6.45) is -0.684. The molecule has 0 radical (unpaired) electrons. The summed E-state index contributed by atoms with van der Waals surface area (Å²) < 4.78 is 24.6. The van der Waals surface area contributed by atoms with Crippen LogP contribution in [0.15, 0.2) is 18.3 Å². The van der Waals surface area contributed by atoms with E-state index in [-0.39, 0.29) is 12.1 Å². The summed E-state index contributed by atoms with van der Waals surface area (Å²) in [5.74, 6) is 0. The van der Waals surface area contributed by atoms with E-state index in [1.165, 1.54) is 4.90 Å². The van der Waals surface area contributed by atoms with Gasteiger partial charge in [0.25, 0.3) is 6.43 Å². The lowest BCUT2D eigenvalue weighted by molar-refractivity contribution is 0.156. The van der Waals surface area contributed by atoms with Gasteiger partial charge in [-0.3, -0.25) is 4.98 Å². The number of aromatic nitrogens is 1. The Morgan fingerprint density at radius 3 is 2.61 bits per heavy atom. The van der Waals surface area contributed by atoms with E-state index >= 15 is 0 Å². The standard InChI is InChI=1S/C13H21F2N3/c1-13(2,3)17-8-10-7-11(5-6-16-10)18(4)9-12(14)15/h5-7,12,17H,8-9H2,1-4H3. The third-order valence-corrected chi connectivity index (χ3v) is 2.45. The van der Waals surface area contributed by atoms with Crippen LogP contribution in [0.25, 0.3) is 0 Å². The Morgan fingerprint density at radius 2 is 2.06 bits per heavy atom. The van der Waals surface area contributed by atoms with Crippen molar-refractivity contribution in [2.75, 3.05) is 18.5 Å². The molecule has 3 nitrogen and oxygen atoms in total. The molecular formula is C13H21F2N3. The quantitative estimate of drug-likeness (QED) is 0.879. The lowest BCUT2D eigenvalue weighted by Crippen LogP contribution is -2.35. The molecule has 102 valence electrons. The smallest absolute Gasteiger partial charge is 0.255 e. The van der Waals surface area contributed by atoms with Gasteiger partial charge < -0.3 is 10.2 Å². The van der Waals surface area contributed by atoms with Crippen molar-refractivity contribution < 1.29 is 8.78 Å². The molecule has 0 aliphatic heterocycles. The van der Waals surface area contributed by atoms with E-state index in [0.717, 1.165) is 11.4 Å². The van der Waals surface area contributed by atoms with Crippen molar-refractivity contribution in [1.82, 2.24) is 10.3 Å². The Bertz CT molecular complexity index is 375. The summed E-state index contributed by atoms with van der Waals surface area (Å²) >= 11 is 0. The predicted octanol–water partition coefficient (Wildman–Crippen LogP) is 2.67. The van der Waals surface area contributed by atoms with E-state index in [4.69, 9.17) is 0 Å². The fraction of sp³-hybridized carbons (Fsp3) is 0.615. The molecule has 0 amide bonds. The third kappa shape index (κ3) is 5.40. The van der Waals surface area contributed by atoms with Gasteiger partial charge in [-0.05, 0) is 32.9 Å². The van der Waals surface area contributed by atoms with Gasteiger partial charge in [-0.1, -0.05) is 0 Å². The number of nitrogens with zero attached hydrogens (tertiary/aromatic N) is 2. The lowest BCUT2D eigenvalue weighted by Gasteiger charge is -2.22. The van der Waals surface area contributed by atoms with E-state index in [9.17, 15) is 8.78 Å². The molecule has 18 heavy (non-hydrogen) atoms. The van der Waals surface area contributed by atoms with Crippen molar-refractivity contribution in [3.8, 4) is 0 Å². The molecule has 1 heterocycles. The molecule has 0 fully saturated rings.